The molecule has 0 spiro atoms. The average Bonchev–Trinajstić information content (AvgIpc) is 2.82. The van der Waals surface area contributed by atoms with E-state index in [1.165, 1.54) is 37.4 Å². The fourth-order valence-electron chi connectivity index (χ4n) is 4.02. The van der Waals surface area contributed by atoms with E-state index in [1.54, 1.807) is 6.07 Å². The Kier molecular flexibility index (Phi) is 8.02. The Bertz CT molecular complexity index is 1310. The number of amides is 1. The van der Waals surface area contributed by atoms with Gasteiger partial charge in [0.05, 0.1) is 29.2 Å². The highest BCUT2D eigenvalue weighted by Crippen LogP contribution is 2.34. The number of halogens is 3. The van der Waals surface area contributed by atoms with Crippen LogP contribution < -0.4 is 4.72 Å². The monoisotopic (exact) mass is 525 g/mol. The summed E-state index contributed by atoms with van der Waals surface area (Å²) in [4.78, 5) is 24.0. The lowest BCUT2D eigenvalue weighted by Crippen LogP contribution is -2.48. The smallest absolute Gasteiger partial charge is 0.471 e. The number of hydrogen-bond donors (Lipinski definition) is 2. The summed E-state index contributed by atoms with van der Waals surface area (Å²) >= 11 is 0. The van der Waals surface area contributed by atoms with Gasteiger partial charge in [0.2, 0.25) is 10.0 Å². The van der Waals surface area contributed by atoms with Gasteiger partial charge in [-0.15, -0.1) is 0 Å². The van der Waals surface area contributed by atoms with Crippen molar-refractivity contribution in [3.8, 4) is 6.07 Å². The quantitative estimate of drug-likeness (QED) is 0.539. The van der Waals surface area contributed by atoms with E-state index in [9.17, 15) is 36.3 Å². The number of fused-ring (bicyclic) bond motifs is 1. The number of carbonyl (C=O) groups excluding carboxylic acids is 1. The van der Waals surface area contributed by atoms with Crippen LogP contribution in [0, 0.1) is 11.3 Å². The molecule has 2 aromatic carbocycles. The topological polar surface area (TPSA) is 137 Å². The number of sulfonamides is 1. The molecule has 36 heavy (non-hydrogen) atoms. The molecule has 2 aromatic rings. The Morgan fingerprint density at radius 1 is 1.28 bits per heavy atom. The first-order chi connectivity index (χ1) is 16.9. The number of nitrogens with one attached hydrogen (secondary N) is 1. The van der Waals surface area contributed by atoms with Crippen molar-refractivity contribution in [1.29, 1.82) is 5.26 Å². The molecule has 0 aliphatic carbocycles. The van der Waals surface area contributed by atoms with Gasteiger partial charge in [-0.05, 0) is 53.8 Å². The van der Waals surface area contributed by atoms with E-state index in [0.717, 1.165) is 6.07 Å². The summed E-state index contributed by atoms with van der Waals surface area (Å²) in [7, 11) is -3.20. The molecule has 3 rings (SSSR count). The highest BCUT2D eigenvalue weighted by molar-refractivity contribution is 7.89. The lowest BCUT2D eigenvalue weighted by molar-refractivity contribution is -0.189. The summed E-state index contributed by atoms with van der Waals surface area (Å²) in [6, 6.07) is 8.95. The fraction of sp³-hybridized carbons (Fsp3) is 0.348. The zero-order chi connectivity index (χ0) is 26.7. The lowest BCUT2D eigenvalue weighted by Gasteiger charge is -2.37. The first-order valence-electron chi connectivity index (χ1n) is 10.6. The Hall–Kier alpha value is -3.47. The van der Waals surface area contributed by atoms with Crippen LogP contribution >= 0.6 is 0 Å². The molecule has 2 atom stereocenters. The number of nitriles is 1. The summed E-state index contributed by atoms with van der Waals surface area (Å²) in [5.41, 5.74) is 1.40. The minimum atomic E-state index is -5.12. The zero-order valence-corrected chi connectivity index (χ0v) is 19.8. The van der Waals surface area contributed by atoms with Gasteiger partial charge in [0.1, 0.15) is 6.04 Å². The third-order valence-electron chi connectivity index (χ3n) is 5.70. The van der Waals surface area contributed by atoms with E-state index in [1.807, 2.05) is 6.07 Å². The number of aliphatic carboxylic acids is 1. The van der Waals surface area contributed by atoms with E-state index >= 15 is 0 Å². The van der Waals surface area contributed by atoms with Crippen LogP contribution in [0.15, 0.2) is 47.4 Å². The number of carbonyl (C=O) groups is 2. The van der Waals surface area contributed by atoms with Crippen molar-refractivity contribution in [2.45, 2.75) is 36.0 Å². The first kappa shape index (κ1) is 27.1. The molecule has 0 bridgehead atoms. The van der Waals surface area contributed by atoms with Crippen molar-refractivity contribution < 1.29 is 41.0 Å². The van der Waals surface area contributed by atoms with Crippen LogP contribution in [0.25, 0.3) is 0 Å². The molecule has 13 heteroatoms. The number of nitrogens with zero attached hydrogens (tertiary/aromatic N) is 2. The molecule has 1 heterocycles. The van der Waals surface area contributed by atoms with Crippen LogP contribution in [-0.4, -0.2) is 62.8 Å². The Morgan fingerprint density at radius 3 is 2.61 bits per heavy atom. The summed E-state index contributed by atoms with van der Waals surface area (Å²) in [6.07, 6.45) is -5.31. The Morgan fingerprint density at radius 2 is 2.00 bits per heavy atom. The second-order valence-electron chi connectivity index (χ2n) is 8.11. The second-order valence-corrected chi connectivity index (χ2v) is 9.82. The average molecular weight is 526 g/mol. The van der Waals surface area contributed by atoms with Gasteiger partial charge in [0.25, 0.3) is 0 Å². The molecule has 0 radical (unpaired) electrons. The number of rotatable bonds is 8. The molecule has 0 fully saturated rings. The van der Waals surface area contributed by atoms with Crippen molar-refractivity contribution in [2.24, 2.45) is 0 Å². The van der Waals surface area contributed by atoms with Gasteiger partial charge in [-0.1, -0.05) is 18.2 Å². The molecule has 1 aliphatic rings. The van der Waals surface area contributed by atoms with Crippen molar-refractivity contribution in [2.75, 3.05) is 20.3 Å². The van der Waals surface area contributed by atoms with Crippen LogP contribution in [0.3, 0.4) is 0 Å². The van der Waals surface area contributed by atoms with Crippen molar-refractivity contribution >= 4 is 21.9 Å². The third-order valence-corrected chi connectivity index (χ3v) is 7.17. The third kappa shape index (κ3) is 6.01. The van der Waals surface area contributed by atoms with Gasteiger partial charge < -0.3 is 14.7 Å². The van der Waals surface area contributed by atoms with Crippen LogP contribution in [0.2, 0.25) is 0 Å². The van der Waals surface area contributed by atoms with Crippen LogP contribution in [0.1, 0.15) is 28.3 Å². The largest absolute Gasteiger partial charge is 0.480 e. The summed E-state index contributed by atoms with van der Waals surface area (Å²) in [5, 5.41) is 18.6. The minimum Gasteiger partial charge on any atom is -0.480 e. The van der Waals surface area contributed by atoms with Gasteiger partial charge in [-0.3, -0.25) is 9.59 Å². The number of ether oxygens (including phenoxy) is 1. The van der Waals surface area contributed by atoms with Gasteiger partial charge >= 0.3 is 18.1 Å². The molecule has 0 saturated carbocycles. The summed E-state index contributed by atoms with van der Waals surface area (Å²) in [6.45, 7) is -0.536. The normalized spacial score (nSPS) is 16.6. The maximum absolute atomic E-state index is 13.1. The molecule has 192 valence electrons. The minimum absolute atomic E-state index is 0.0676. The highest BCUT2D eigenvalue weighted by atomic mass is 32.2. The zero-order valence-electron chi connectivity index (χ0n) is 18.9. The maximum Gasteiger partial charge on any atom is 0.471 e. The Balaban J connectivity index is 1.93. The Labute approximate surface area is 205 Å². The molecule has 9 nitrogen and oxygen atoms in total. The molecule has 2 N–H and O–H groups in total. The molecule has 1 aliphatic heterocycles. The molecule has 0 unspecified atom stereocenters. The summed E-state index contributed by atoms with van der Waals surface area (Å²) < 4.78 is 72.6. The molecular formula is C23H22F3N3O6S. The SMILES string of the molecule is COC[C@@H]1c2cc(S(=O)(=O)N[C@H](Cc3cccc(C#N)c3)C(=O)O)ccc2CCN1C(=O)C(F)(F)F. The number of benzene rings is 2. The van der Waals surface area contributed by atoms with Crippen molar-refractivity contribution in [3.63, 3.8) is 0 Å². The van der Waals surface area contributed by atoms with Gasteiger partial charge in [0.15, 0.2) is 0 Å². The van der Waals surface area contributed by atoms with Crippen LogP contribution in [0.4, 0.5) is 13.2 Å². The van der Waals surface area contributed by atoms with E-state index in [0.29, 0.717) is 16.0 Å². The predicted molar refractivity (Wildman–Crippen MR) is 119 cm³/mol. The van der Waals surface area contributed by atoms with E-state index in [2.05, 4.69) is 4.72 Å². The molecular weight excluding hydrogens is 503 g/mol. The summed E-state index contributed by atoms with van der Waals surface area (Å²) in [5.74, 6) is -3.52. The van der Waals surface area contributed by atoms with Crippen molar-refractivity contribution in [1.82, 2.24) is 9.62 Å². The highest BCUT2D eigenvalue weighted by Gasteiger charge is 2.46. The number of hydrogen-bond acceptors (Lipinski definition) is 6. The maximum atomic E-state index is 13.1. The number of methoxy groups -OCH3 is 1. The van der Waals surface area contributed by atoms with Crippen LogP contribution in [0.5, 0.6) is 0 Å². The van der Waals surface area contributed by atoms with E-state index in [-0.39, 0.29) is 42.0 Å². The lowest BCUT2D eigenvalue weighted by atomic mass is 9.93. The number of alkyl halides is 3. The first-order valence-corrected chi connectivity index (χ1v) is 12.1. The standard InChI is InChI=1S/C23H22F3N3O6S/c1-35-13-20-18-11-17(6-5-16(18)7-8-29(20)22(32)23(24,25)26)36(33,34)28-19(21(30)31)10-14-3-2-4-15(9-14)12-27/h2-6,9,11,19-20,28H,7-8,10,13H2,1H3,(H,30,31)/t19-,20-/m1/s1. The molecule has 0 saturated heterocycles. The van der Waals surface area contributed by atoms with Gasteiger partial charge in [-0.25, -0.2) is 8.42 Å². The van der Waals surface area contributed by atoms with E-state index < -0.39 is 40.2 Å². The van der Waals surface area contributed by atoms with Gasteiger partial charge in [0, 0.05) is 13.7 Å². The van der Waals surface area contributed by atoms with Gasteiger partial charge in [-0.2, -0.15) is 23.2 Å². The molecule has 0 aromatic heterocycles. The van der Waals surface area contributed by atoms with E-state index in [4.69, 9.17) is 10.00 Å². The number of carboxylic acid groups (broad SMARTS) is 1. The van der Waals surface area contributed by atoms with Crippen molar-refractivity contribution in [3.05, 3.63) is 64.7 Å². The molecule has 1 amide bonds. The fourth-order valence-corrected chi connectivity index (χ4v) is 5.25. The van der Waals surface area contributed by atoms with Crippen LogP contribution in [-0.2, 0) is 37.2 Å². The second kappa shape index (κ2) is 10.7. The number of carboxylic acids is 1. The predicted octanol–water partition coefficient (Wildman–Crippen LogP) is 2.17.